The molecule has 8 unspecified atom stereocenters. The highest BCUT2D eigenvalue weighted by atomic mass is 31.2. The molecule has 4 saturated carbocycles. The molecule has 0 aromatic carbocycles. The number of aliphatic hydroxyl groups excluding tert-OH is 1. The second kappa shape index (κ2) is 14.2. The second-order valence-electron chi connectivity index (χ2n) is 15.6. The minimum atomic E-state index is -5.22. The first-order valence-corrected chi connectivity index (χ1v) is 20.1. The summed E-state index contributed by atoms with van der Waals surface area (Å²) in [6.45, 7) is 8.87. The minimum Gasteiger partial charge on any atom is -0.446 e. The third-order valence-corrected chi connectivity index (χ3v) is 16.3. The highest BCUT2D eigenvalue weighted by Crippen LogP contribution is 2.69. The zero-order chi connectivity index (χ0) is 33.4. The number of nitrogens with one attached hydrogen (secondary N) is 1. The van der Waals surface area contributed by atoms with Crippen LogP contribution >= 0.6 is 16.0 Å². The standard InChI is InChI=1S/C32H59NO10P2/c1-5-6-7-8-14-31(4,36)27-11-10-23-22-20-26(43-28(35)33-18-9-15-32(37,44(38)39)45(40,41)42)25-19-21(34)12-16-29(25,2)24(22)13-17-30(23,27)3/h21-27,34,36-39H,5-20H2,1-4H3,(H,33,35)(H2,40,41,42)/t21?,22?,23?,24-,25?,26-,27?,29?,30?,31-,32?/m0/s1. The van der Waals surface area contributed by atoms with Gasteiger partial charge in [-0.05, 0) is 112 Å². The molecule has 0 spiro atoms. The molecule has 0 heterocycles. The fourth-order valence-corrected chi connectivity index (χ4v) is 12.3. The molecule has 1 amide bonds. The average Bonchev–Trinajstić information content (AvgIpc) is 3.32. The Hall–Kier alpha value is -0.350. The fraction of sp³-hybridized carbons (Fsp3) is 0.969. The summed E-state index contributed by atoms with van der Waals surface area (Å²) >= 11 is 0. The van der Waals surface area contributed by atoms with Crippen LogP contribution in [0, 0.1) is 40.4 Å². The van der Waals surface area contributed by atoms with Crippen molar-refractivity contribution in [2.45, 2.75) is 147 Å². The van der Waals surface area contributed by atoms with Crippen LogP contribution in [0.1, 0.15) is 124 Å². The summed E-state index contributed by atoms with van der Waals surface area (Å²) in [5.74, 6) is 1.44. The van der Waals surface area contributed by atoms with E-state index >= 15 is 0 Å². The van der Waals surface area contributed by atoms with Crippen LogP contribution in [0.25, 0.3) is 0 Å². The van der Waals surface area contributed by atoms with E-state index < -0.39 is 51.4 Å². The Labute approximate surface area is 270 Å². The van der Waals surface area contributed by atoms with Gasteiger partial charge in [-0.3, -0.25) is 4.57 Å². The summed E-state index contributed by atoms with van der Waals surface area (Å²) in [6.07, 6.45) is 10.2. The maximum atomic E-state index is 13.1. The van der Waals surface area contributed by atoms with Crippen LogP contribution in [0.3, 0.4) is 0 Å². The monoisotopic (exact) mass is 679 g/mol. The van der Waals surface area contributed by atoms with Crippen molar-refractivity contribution in [3.05, 3.63) is 0 Å². The number of carbonyl (C=O) groups is 1. The van der Waals surface area contributed by atoms with Gasteiger partial charge in [-0.2, -0.15) is 0 Å². The lowest BCUT2D eigenvalue weighted by molar-refractivity contribution is -0.179. The summed E-state index contributed by atoms with van der Waals surface area (Å²) < 4.78 is 17.7. The van der Waals surface area contributed by atoms with Crippen LogP contribution in [0.15, 0.2) is 0 Å². The number of unbranched alkanes of at least 4 members (excludes halogenated alkanes) is 3. The number of hydrogen-bond acceptors (Lipinski definition) is 8. The number of aliphatic hydroxyl groups is 3. The van der Waals surface area contributed by atoms with E-state index in [-0.39, 0.29) is 35.6 Å². The highest BCUT2D eigenvalue weighted by molar-refractivity contribution is 7.69. The third-order valence-electron chi connectivity index (χ3n) is 12.9. The Bertz CT molecular complexity index is 1070. The van der Waals surface area contributed by atoms with E-state index in [1.165, 1.54) is 12.8 Å². The van der Waals surface area contributed by atoms with Gasteiger partial charge < -0.3 is 44.9 Å². The molecule has 45 heavy (non-hydrogen) atoms. The molecule has 262 valence electrons. The summed E-state index contributed by atoms with van der Waals surface area (Å²) in [5, 5.41) is 32.3. The Morgan fingerprint density at radius 3 is 2.24 bits per heavy atom. The van der Waals surface area contributed by atoms with Crippen LogP contribution in [-0.4, -0.2) is 70.4 Å². The molecule has 0 bridgehead atoms. The molecule has 0 saturated heterocycles. The first-order valence-electron chi connectivity index (χ1n) is 17.2. The number of carbonyl (C=O) groups excluding carboxylic acids is 1. The van der Waals surface area contributed by atoms with E-state index in [4.69, 9.17) is 4.74 Å². The van der Waals surface area contributed by atoms with Gasteiger partial charge in [-0.25, -0.2) is 4.79 Å². The first-order chi connectivity index (χ1) is 20.9. The molecule has 0 radical (unpaired) electrons. The molecule has 0 aromatic heterocycles. The van der Waals surface area contributed by atoms with Crippen molar-refractivity contribution in [1.29, 1.82) is 0 Å². The molecule has 13 heteroatoms. The Morgan fingerprint density at radius 2 is 1.60 bits per heavy atom. The molecule has 4 rings (SSSR count). The molecule has 11 nitrogen and oxygen atoms in total. The topological polar surface area (TPSA) is 197 Å². The van der Waals surface area contributed by atoms with Crippen LogP contribution in [0.4, 0.5) is 4.79 Å². The van der Waals surface area contributed by atoms with E-state index in [0.29, 0.717) is 30.6 Å². The van der Waals surface area contributed by atoms with Gasteiger partial charge in [0.1, 0.15) is 6.10 Å². The number of alkyl carbamates (subject to hydrolysis) is 1. The third kappa shape index (κ3) is 7.47. The minimum absolute atomic E-state index is 0.00330. The van der Waals surface area contributed by atoms with Crippen molar-refractivity contribution in [2.24, 2.45) is 40.4 Å². The molecule has 11 atom stereocenters. The van der Waals surface area contributed by atoms with Gasteiger partial charge in [0.25, 0.3) is 0 Å². The molecule has 4 fully saturated rings. The highest BCUT2D eigenvalue weighted by Gasteiger charge is 2.64. The van der Waals surface area contributed by atoms with Crippen molar-refractivity contribution >= 4 is 22.1 Å². The van der Waals surface area contributed by atoms with Gasteiger partial charge in [0, 0.05) is 12.5 Å². The van der Waals surface area contributed by atoms with Crippen molar-refractivity contribution in [2.75, 3.05) is 6.54 Å². The summed E-state index contributed by atoms with van der Waals surface area (Å²) in [5.41, 5.74) is -0.794. The van der Waals surface area contributed by atoms with Crippen molar-refractivity contribution < 1.29 is 49.0 Å². The lowest BCUT2D eigenvalue weighted by atomic mass is 9.43. The number of rotatable bonds is 13. The summed E-state index contributed by atoms with van der Waals surface area (Å²) in [4.78, 5) is 50.7. The number of fused-ring (bicyclic) bond motifs is 5. The molecular formula is C32H59NO10P2. The predicted octanol–water partition coefficient (Wildman–Crippen LogP) is 5.33. The largest absolute Gasteiger partial charge is 0.446 e. The Kier molecular flexibility index (Phi) is 11.9. The SMILES string of the molecule is CCCCCC[C@](C)(O)C1CCC2C3C[C@H](OC(=O)NCCCC(O)(P(O)O)P(=O)(O)O)C4CC(O)CCC4(C)[C@H]3CCC21C. The predicted molar refractivity (Wildman–Crippen MR) is 172 cm³/mol. The maximum absolute atomic E-state index is 13.1. The smallest absolute Gasteiger partial charge is 0.407 e. The molecule has 8 N–H and O–H groups in total. The first kappa shape index (κ1) is 37.5. The van der Waals surface area contributed by atoms with Crippen molar-refractivity contribution in [1.82, 2.24) is 5.32 Å². The summed E-state index contributed by atoms with van der Waals surface area (Å²) in [7, 11) is -8.54. The molecule has 4 aliphatic rings. The van der Waals surface area contributed by atoms with Gasteiger partial charge in [-0.15, -0.1) is 0 Å². The van der Waals surface area contributed by atoms with E-state index in [1.54, 1.807) is 0 Å². The molecule has 0 aromatic rings. The quantitative estimate of drug-likeness (QED) is 0.0930. The van der Waals surface area contributed by atoms with Gasteiger partial charge in [0.05, 0.1) is 11.7 Å². The van der Waals surface area contributed by atoms with Crippen molar-refractivity contribution in [3.8, 4) is 0 Å². The number of hydrogen-bond donors (Lipinski definition) is 8. The summed E-state index contributed by atoms with van der Waals surface area (Å²) in [6, 6.07) is 0. The van der Waals surface area contributed by atoms with Crippen LogP contribution in [0.5, 0.6) is 0 Å². The lowest BCUT2D eigenvalue weighted by Crippen LogP contribution is -2.60. The fourth-order valence-electron chi connectivity index (χ4n) is 10.5. The van der Waals surface area contributed by atoms with Crippen molar-refractivity contribution in [3.63, 3.8) is 0 Å². The maximum Gasteiger partial charge on any atom is 0.407 e. The van der Waals surface area contributed by atoms with Gasteiger partial charge in [0.15, 0.2) is 0 Å². The Balaban J connectivity index is 1.46. The zero-order valence-corrected chi connectivity index (χ0v) is 29.4. The Morgan fingerprint density at radius 1 is 0.933 bits per heavy atom. The number of ether oxygens (including phenoxy) is 1. The van der Waals surface area contributed by atoms with E-state index in [9.17, 15) is 44.3 Å². The average molecular weight is 680 g/mol. The van der Waals surface area contributed by atoms with E-state index in [1.807, 2.05) is 6.92 Å². The van der Waals surface area contributed by atoms with Crippen LogP contribution in [0.2, 0.25) is 0 Å². The van der Waals surface area contributed by atoms with Gasteiger partial charge >= 0.3 is 13.7 Å². The second-order valence-corrected chi connectivity index (χ2v) is 19.1. The van der Waals surface area contributed by atoms with E-state index in [0.717, 1.165) is 57.8 Å². The van der Waals surface area contributed by atoms with Crippen LogP contribution in [-0.2, 0) is 9.30 Å². The molecular weight excluding hydrogens is 620 g/mol. The van der Waals surface area contributed by atoms with Gasteiger partial charge in [0.2, 0.25) is 13.5 Å². The number of amides is 1. The molecule has 4 aliphatic carbocycles. The normalized spacial score (nSPS) is 39.2. The molecule has 0 aliphatic heterocycles. The zero-order valence-electron chi connectivity index (χ0n) is 27.6. The van der Waals surface area contributed by atoms with Crippen LogP contribution < -0.4 is 5.32 Å². The van der Waals surface area contributed by atoms with Gasteiger partial charge in [-0.1, -0.05) is 46.5 Å². The van der Waals surface area contributed by atoms with E-state index in [2.05, 4.69) is 26.1 Å². The lowest BCUT2D eigenvalue weighted by Gasteiger charge is -2.62.